The Hall–Kier alpha value is -2.64. The van der Waals surface area contributed by atoms with E-state index >= 15 is 0 Å². The highest BCUT2D eigenvalue weighted by Gasteiger charge is 2.32. The average molecular weight is 439 g/mol. The Morgan fingerprint density at radius 3 is 2.81 bits per heavy atom. The first kappa shape index (κ1) is 20.3. The maximum absolute atomic E-state index is 13.3. The number of carbonyl (C=O) groups is 1. The third-order valence-electron chi connectivity index (χ3n) is 6.36. The van der Waals surface area contributed by atoms with Gasteiger partial charge in [0.2, 0.25) is 0 Å². The van der Waals surface area contributed by atoms with Crippen LogP contribution in [0.5, 0.6) is 0 Å². The van der Waals surface area contributed by atoms with Crippen molar-refractivity contribution < 1.29 is 4.79 Å². The van der Waals surface area contributed by atoms with E-state index in [1.54, 1.807) is 12.1 Å². The first-order chi connectivity index (χ1) is 15.0. The van der Waals surface area contributed by atoms with Crippen LogP contribution in [-0.4, -0.2) is 51.1 Å². The van der Waals surface area contributed by atoms with Crippen molar-refractivity contribution in [1.82, 2.24) is 19.5 Å². The fraction of sp³-hybridized carbons (Fsp3) is 0.435. The van der Waals surface area contributed by atoms with Crippen molar-refractivity contribution in [2.24, 2.45) is 5.73 Å². The van der Waals surface area contributed by atoms with E-state index in [2.05, 4.69) is 11.8 Å². The van der Waals surface area contributed by atoms with Crippen molar-refractivity contribution in [3.8, 4) is 0 Å². The van der Waals surface area contributed by atoms with Crippen LogP contribution in [0.25, 0.3) is 5.65 Å². The van der Waals surface area contributed by atoms with Crippen molar-refractivity contribution in [1.29, 1.82) is 0 Å². The van der Waals surface area contributed by atoms with E-state index in [1.807, 2.05) is 33.8 Å². The van der Waals surface area contributed by atoms with Crippen LogP contribution in [0.3, 0.4) is 0 Å². The zero-order chi connectivity index (χ0) is 21.5. The molecular formula is C23H27ClN6O. The molecule has 2 aliphatic heterocycles. The van der Waals surface area contributed by atoms with Gasteiger partial charge in [0.25, 0.3) is 5.91 Å². The largest absolute Gasteiger partial charge is 0.355 e. The van der Waals surface area contributed by atoms with Gasteiger partial charge in [-0.1, -0.05) is 23.7 Å². The molecule has 2 saturated heterocycles. The fourth-order valence-corrected chi connectivity index (χ4v) is 4.97. The van der Waals surface area contributed by atoms with E-state index < -0.39 is 0 Å². The van der Waals surface area contributed by atoms with Gasteiger partial charge in [-0.05, 0) is 44.7 Å². The SMILES string of the molecule is Cc1cn2nc(C3CCCCN3C(=O)c3ccccc3Cl)cc2nc1N1CCC(N)C1. The van der Waals surface area contributed by atoms with Gasteiger partial charge < -0.3 is 15.5 Å². The molecule has 0 bridgehead atoms. The van der Waals surface area contributed by atoms with Gasteiger partial charge in [-0.3, -0.25) is 4.79 Å². The molecule has 2 N–H and O–H groups in total. The minimum absolute atomic E-state index is 0.0387. The second-order valence-corrected chi connectivity index (χ2v) is 9.01. The lowest BCUT2D eigenvalue weighted by Crippen LogP contribution is -2.38. The van der Waals surface area contributed by atoms with Gasteiger partial charge in [-0.25, -0.2) is 9.50 Å². The van der Waals surface area contributed by atoms with E-state index in [0.29, 0.717) is 17.1 Å². The number of aryl methyl sites for hydroxylation is 1. The molecule has 8 heteroatoms. The number of aromatic nitrogens is 3. The molecule has 4 heterocycles. The predicted molar refractivity (Wildman–Crippen MR) is 122 cm³/mol. The normalized spacial score (nSPS) is 21.8. The molecule has 0 radical (unpaired) electrons. The number of hydrogen-bond donors (Lipinski definition) is 1. The first-order valence-corrected chi connectivity index (χ1v) is 11.3. The highest BCUT2D eigenvalue weighted by Crippen LogP contribution is 2.33. The Morgan fingerprint density at radius 2 is 2.03 bits per heavy atom. The summed E-state index contributed by atoms with van der Waals surface area (Å²) in [6.07, 6.45) is 5.93. The molecule has 7 nitrogen and oxygen atoms in total. The number of likely N-dealkylation sites (tertiary alicyclic amines) is 1. The van der Waals surface area contributed by atoms with E-state index in [1.165, 1.54) is 0 Å². The van der Waals surface area contributed by atoms with Gasteiger partial charge in [0, 0.05) is 43.5 Å². The Kier molecular flexibility index (Phi) is 5.32. The summed E-state index contributed by atoms with van der Waals surface area (Å²) in [5.41, 5.74) is 9.39. The third kappa shape index (κ3) is 3.77. The van der Waals surface area contributed by atoms with Crippen LogP contribution in [0.4, 0.5) is 5.82 Å². The quantitative estimate of drug-likeness (QED) is 0.675. The van der Waals surface area contributed by atoms with E-state index in [4.69, 9.17) is 27.4 Å². The Bertz CT molecular complexity index is 1130. The monoisotopic (exact) mass is 438 g/mol. The Morgan fingerprint density at radius 1 is 1.19 bits per heavy atom. The molecular weight excluding hydrogens is 412 g/mol. The van der Waals surface area contributed by atoms with E-state index in [9.17, 15) is 4.79 Å². The molecule has 0 aliphatic carbocycles. The topological polar surface area (TPSA) is 79.8 Å². The summed E-state index contributed by atoms with van der Waals surface area (Å²) in [5.74, 6) is 0.933. The minimum atomic E-state index is -0.0804. The first-order valence-electron chi connectivity index (χ1n) is 10.9. The minimum Gasteiger partial charge on any atom is -0.355 e. The van der Waals surface area contributed by atoms with Crippen molar-refractivity contribution in [3.05, 3.63) is 58.4 Å². The highest BCUT2D eigenvalue weighted by molar-refractivity contribution is 6.33. The van der Waals surface area contributed by atoms with Gasteiger partial charge in [-0.2, -0.15) is 5.10 Å². The molecule has 2 atom stereocenters. The molecule has 3 aromatic rings. The van der Waals surface area contributed by atoms with Crippen LogP contribution in [0.1, 0.15) is 53.3 Å². The number of hydrogen-bond acceptors (Lipinski definition) is 5. The van der Waals surface area contributed by atoms with Gasteiger partial charge in [0.15, 0.2) is 5.65 Å². The van der Waals surface area contributed by atoms with E-state index in [0.717, 1.165) is 61.5 Å². The number of fused-ring (bicyclic) bond motifs is 1. The van der Waals surface area contributed by atoms with Crippen LogP contribution in [0.15, 0.2) is 36.5 Å². The second kappa shape index (κ2) is 8.13. The summed E-state index contributed by atoms with van der Waals surface area (Å²) in [5, 5.41) is 5.30. The lowest BCUT2D eigenvalue weighted by Gasteiger charge is -2.35. The zero-order valence-electron chi connectivity index (χ0n) is 17.7. The number of amides is 1. The molecule has 2 aromatic heterocycles. The molecule has 0 saturated carbocycles. The molecule has 2 unspecified atom stereocenters. The van der Waals surface area contributed by atoms with Gasteiger partial charge in [0.1, 0.15) is 5.82 Å². The van der Waals surface area contributed by atoms with Crippen LogP contribution >= 0.6 is 11.6 Å². The fourth-order valence-electron chi connectivity index (χ4n) is 4.75. The lowest BCUT2D eigenvalue weighted by molar-refractivity contribution is 0.0606. The predicted octanol–water partition coefficient (Wildman–Crippen LogP) is 3.60. The van der Waals surface area contributed by atoms with Crippen LogP contribution in [-0.2, 0) is 0 Å². The molecule has 31 heavy (non-hydrogen) atoms. The van der Waals surface area contributed by atoms with Gasteiger partial charge in [-0.15, -0.1) is 0 Å². The number of piperidine rings is 1. The van der Waals surface area contributed by atoms with Crippen LogP contribution < -0.4 is 10.6 Å². The molecule has 1 aromatic carbocycles. The number of rotatable bonds is 3. The van der Waals surface area contributed by atoms with Crippen molar-refractivity contribution in [2.75, 3.05) is 24.5 Å². The number of benzene rings is 1. The lowest BCUT2D eigenvalue weighted by atomic mass is 9.98. The number of carbonyl (C=O) groups excluding carboxylic acids is 1. The van der Waals surface area contributed by atoms with E-state index in [-0.39, 0.29) is 18.0 Å². The van der Waals surface area contributed by atoms with Crippen molar-refractivity contribution in [2.45, 2.75) is 44.7 Å². The maximum atomic E-state index is 13.3. The summed E-state index contributed by atoms with van der Waals surface area (Å²) in [6.45, 7) is 4.51. The maximum Gasteiger partial charge on any atom is 0.255 e. The highest BCUT2D eigenvalue weighted by atomic mass is 35.5. The van der Waals surface area contributed by atoms with Crippen LogP contribution in [0, 0.1) is 6.92 Å². The van der Waals surface area contributed by atoms with Gasteiger partial charge in [0.05, 0.1) is 22.3 Å². The number of halogens is 1. The Balaban J connectivity index is 1.48. The molecule has 0 spiro atoms. The Labute approximate surface area is 186 Å². The summed E-state index contributed by atoms with van der Waals surface area (Å²) in [7, 11) is 0. The third-order valence-corrected chi connectivity index (χ3v) is 6.69. The van der Waals surface area contributed by atoms with Crippen LogP contribution in [0.2, 0.25) is 5.02 Å². The number of nitrogens with zero attached hydrogens (tertiary/aromatic N) is 5. The standard InChI is InChI=1S/C23H27ClN6O/c1-15-13-30-21(26-22(15)28-11-9-16(25)14-28)12-19(27-30)20-8-4-5-10-29(20)23(31)17-6-2-3-7-18(17)24/h2-3,6-7,12-13,16,20H,4-5,8-11,14,25H2,1H3. The summed E-state index contributed by atoms with van der Waals surface area (Å²) < 4.78 is 1.83. The molecule has 1 amide bonds. The van der Waals surface area contributed by atoms with Crippen molar-refractivity contribution >= 4 is 29.0 Å². The smallest absolute Gasteiger partial charge is 0.255 e. The molecule has 5 rings (SSSR count). The average Bonchev–Trinajstić information content (AvgIpc) is 3.38. The van der Waals surface area contributed by atoms with Crippen molar-refractivity contribution in [3.63, 3.8) is 0 Å². The number of nitrogens with two attached hydrogens (primary N) is 1. The second-order valence-electron chi connectivity index (χ2n) is 8.60. The van der Waals surface area contributed by atoms with Gasteiger partial charge >= 0.3 is 0 Å². The molecule has 2 aliphatic rings. The summed E-state index contributed by atoms with van der Waals surface area (Å²) in [6, 6.07) is 9.37. The molecule has 2 fully saturated rings. The zero-order valence-corrected chi connectivity index (χ0v) is 18.4. The summed E-state index contributed by atoms with van der Waals surface area (Å²) >= 11 is 6.31. The molecule has 162 valence electrons. The summed E-state index contributed by atoms with van der Waals surface area (Å²) in [4.78, 5) is 22.4. The number of anilines is 1.